The smallest absolute Gasteiger partial charge is 0.216 e. The van der Waals surface area contributed by atoms with Gasteiger partial charge in [-0.15, -0.1) is 6.58 Å². The number of methoxy groups -OCH3 is 1. The van der Waals surface area contributed by atoms with Crippen LogP contribution in [0.4, 0.5) is 0 Å². The van der Waals surface area contributed by atoms with Crippen LogP contribution in [0.15, 0.2) is 31.0 Å². The van der Waals surface area contributed by atoms with E-state index in [1.165, 1.54) is 0 Å². The van der Waals surface area contributed by atoms with Crippen molar-refractivity contribution in [2.24, 2.45) is 0 Å². The molecule has 0 unspecified atom stereocenters. The van der Waals surface area contributed by atoms with Crippen molar-refractivity contribution in [2.45, 2.75) is 12.8 Å². The van der Waals surface area contributed by atoms with Crippen LogP contribution in [0.1, 0.15) is 12.0 Å². The lowest BCUT2D eigenvalue weighted by Crippen LogP contribution is -1.93. The van der Waals surface area contributed by atoms with Crippen molar-refractivity contribution in [3.63, 3.8) is 0 Å². The summed E-state index contributed by atoms with van der Waals surface area (Å²) in [6.07, 6.45) is 5.53. The van der Waals surface area contributed by atoms with Gasteiger partial charge in [-0.1, -0.05) is 12.1 Å². The van der Waals surface area contributed by atoms with Crippen molar-refractivity contribution in [1.82, 2.24) is 4.98 Å². The SMILES string of the molecule is C=CCCc1cccnc1OC. The van der Waals surface area contributed by atoms with Crippen LogP contribution in [-0.4, -0.2) is 12.1 Å². The second-order valence-corrected chi connectivity index (χ2v) is 2.50. The molecule has 1 aromatic rings. The van der Waals surface area contributed by atoms with E-state index in [1.807, 2.05) is 18.2 Å². The zero-order valence-corrected chi connectivity index (χ0v) is 7.29. The first-order valence-corrected chi connectivity index (χ1v) is 3.97. The summed E-state index contributed by atoms with van der Waals surface area (Å²) in [5.74, 6) is 0.722. The summed E-state index contributed by atoms with van der Waals surface area (Å²) in [6.45, 7) is 3.67. The summed E-state index contributed by atoms with van der Waals surface area (Å²) in [5.41, 5.74) is 1.14. The molecular formula is C10H13NO. The molecule has 0 aliphatic heterocycles. The van der Waals surface area contributed by atoms with Crippen molar-refractivity contribution in [3.8, 4) is 5.88 Å². The zero-order chi connectivity index (χ0) is 8.81. The molecule has 0 aliphatic carbocycles. The third kappa shape index (κ3) is 2.09. The van der Waals surface area contributed by atoms with Crippen LogP contribution in [0, 0.1) is 0 Å². The first-order chi connectivity index (χ1) is 5.88. The Labute approximate surface area is 72.9 Å². The largest absolute Gasteiger partial charge is 0.481 e. The number of nitrogens with zero attached hydrogens (tertiary/aromatic N) is 1. The summed E-state index contributed by atoms with van der Waals surface area (Å²) < 4.78 is 5.10. The highest BCUT2D eigenvalue weighted by atomic mass is 16.5. The number of pyridine rings is 1. The highest BCUT2D eigenvalue weighted by molar-refractivity contribution is 5.25. The lowest BCUT2D eigenvalue weighted by atomic mass is 10.1. The van der Waals surface area contributed by atoms with E-state index in [-0.39, 0.29) is 0 Å². The quantitative estimate of drug-likeness (QED) is 0.635. The second kappa shape index (κ2) is 4.54. The molecule has 1 rings (SSSR count). The van der Waals surface area contributed by atoms with E-state index in [9.17, 15) is 0 Å². The van der Waals surface area contributed by atoms with Gasteiger partial charge in [-0.05, 0) is 18.9 Å². The molecule has 1 heterocycles. The Morgan fingerprint density at radius 3 is 3.17 bits per heavy atom. The molecule has 0 amide bonds. The average molecular weight is 163 g/mol. The summed E-state index contributed by atoms with van der Waals surface area (Å²) in [5, 5.41) is 0. The van der Waals surface area contributed by atoms with Crippen LogP contribution >= 0.6 is 0 Å². The van der Waals surface area contributed by atoms with E-state index in [1.54, 1.807) is 13.3 Å². The minimum Gasteiger partial charge on any atom is -0.481 e. The summed E-state index contributed by atoms with van der Waals surface area (Å²) in [7, 11) is 1.64. The summed E-state index contributed by atoms with van der Waals surface area (Å²) >= 11 is 0. The monoisotopic (exact) mass is 163 g/mol. The predicted molar refractivity (Wildman–Crippen MR) is 49.3 cm³/mol. The number of hydrogen-bond acceptors (Lipinski definition) is 2. The summed E-state index contributed by atoms with van der Waals surface area (Å²) in [4.78, 5) is 4.09. The minimum absolute atomic E-state index is 0.722. The van der Waals surface area contributed by atoms with Gasteiger partial charge in [0, 0.05) is 11.8 Å². The molecule has 0 saturated heterocycles. The first-order valence-electron chi connectivity index (χ1n) is 3.97. The third-order valence-electron chi connectivity index (χ3n) is 1.66. The molecule has 0 saturated carbocycles. The molecule has 0 radical (unpaired) electrons. The summed E-state index contributed by atoms with van der Waals surface area (Å²) in [6, 6.07) is 3.94. The Hall–Kier alpha value is -1.31. The fourth-order valence-corrected chi connectivity index (χ4v) is 1.06. The highest BCUT2D eigenvalue weighted by Gasteiger charge is 2.00. The predicted octanol–water partition coefficient (Wildman–Crippen LogP) is 2.21. The Kier molecular flexibility index (Phi) is 3.33. The van der Waals surface area contributed by atoms with Gasteiger partial charge in [-0.25, -0.2) is 4.98 Å². The van der Waals surface area contributed by atoms with Crippen LogP contribution in [0.3, 0.4) is 0 Å². The number of rotatable bonds is 4. The first kappa shape index (κ1) is 8.78. The van der Waals surface area contributed by atoms with Crippen molar-refractivity contribution in [3.05, 3.63) is 36.5 Å². The van der Waals surface area contributed by atoms with Gasteiger partial charge < -0.3 is 4.74 Å². The van der Waals surface area contributed by atoms with Crippen molar-refractivity contribution in [2.75, 3.05) is 7.11 Å². The molecule has 0 N–H and O–H groups in total. The van der Waals surface area contributed by atoms with E-state index >= 15 is 0 Å². The van der Waals surface area contributed by atoms with E-state index in [0.29, 0.717) is 0 Å². The van der Waals surface area contributed by atoms with Gasteiger partial charge >= 0.3 is 0 Å². The van der Waals surface area contributed by atoms with Gasteiger partial charge in [0.1, 0.15) is 0 Å². The maximum atomic E-state index is 5.10. The fourth-order valence-electron chi connectivity index (χ4n) is 1.06. The number of hydrogen-bond donors (Lipinski definition) is 0. The Morgan fingerprint density at radius 2 is 2.50 bits per heavy atom. The Morgan fingerprint density at radius 1 is 1.67 bits per heavy atom. The lowest BCUT2D eigenvalue weighted by Gasteiger charge is -2.04. The van der Waals surface area contributed by atoms with Gasteiger partial charge in [0.25, 0.3) is 0 Å². The normalized spacial score (nSPS) is 9.42. The second-order valence-electron chi connectivity index (χ2n) is 2.50. The van der Waals surface area contributed by atoms with E-state index in [4.69, 9.17) is 4.74 Å². The fraction of sp³-hybridized carbons (Fsp3) is 0.300. The van der Waals surface area contributed by atoms with Crippen LogP contribution in [-0.2, 0) is 6.42 Å². The van der Waals surface area contributed by atoms with Gasteiger partial charge in [0.2, 0.25) is 5.88 Å². The number of aryl methyl sites for hydroxylation is 1. The van der Waals surface area contributed by atoms with Crippen molar-refractivity contribution >= 4 is 0 Å². The number of ether oxygens (including phenoxy) is 1. The number of aromatic nitrogens is 1. The van der Waals surface area contributed by atoms with Crippen molar-refractivity contribution < 1.29 is 4.74 Å². The molecule has 0 atom stereocenters. The van der Waals surface area contributed by atoms with Gasteiger partial charge in [-0.3, -0.25) is 0 Å². The molecule has 2 nitrogen and oxygen atoms in total. The van der Waals surface area contributed by atoms with E-state index in [2.05, 4.69) is 11.6 Å². The maximum absolute atomic E-state index is 5.10. The number of allylic oxidation sites excluding steroid dienone is 1. The maximum Gasteiger partial charge on any atom is 0.216 e. The topological polar surface area (TPSA) is 22.1 Å². The highest BCUT2D eigenvalue weighted by Crippen LogP contribution is 2.15. The standard InChI is InChI=1S/C10H13NO/c1-3-4-6-9-7-5-8-11-10(9)12-2/h3,5,7-8H,1,4,6H2,2H3. The molecule has 2 heteroatoms. The van der Waals surface area contributed by atoms with E-state index in [0.717, 1.165) is 24.3 Å². The van der Waals surface area contributed by atoms with Gasteiger partial charge in [0.15, 0.2) is 0 Å². The van der Waals surface area contributed by atoms with Crippen LogP contribution in [0.2, 0.25) is 0 Å². The van der Waals surface area contributed by atoms with Gasteiger partial charge in [0.05, 0.1) is 7.11 Å². The molecule has 0 spiro atoms. The average Bonchev–Trinajstić information content (AvgIpc) is 2.15. The van der Waals surface area contributed by atoms with Crippen LogP contribution in [0.25, 0.3) is 0 Å². The molecule has 0 fully saturated rings. The molecular weight excluding hydrogens is 150 g/mol. The molecule has 1 aromatic heterocycles. The van der Waals surface area contributed by atoms with Gasteiger partial charge in [-0.2, -0.15) is 0 Å². The Bertz CT molecular complexity index is 258. The molecule has 64 valence electrons. The lowest BCUT2D eigenvalue weighted by molar-refractivity contribution is 0.392. The van der Waals surface area contributed by atoms with Crippen molar-refractivity contribution in [1.29, 1.82) is 0 Å². The zero-order valence-electron chi connectivity index (χ0n) is 7.29. The molecule has 0 aromatic carbocycles. The van der Waals surface area contributed by atoms with Crippen LogP contribution in [0.5, 0.6) is 5.88 Å². The Balaban J connectivity index is 2.74. The molecule has 0 aliphatic rings. The minimum atomic E-state index is 0.722. The molecule has 0 bridgehead atoms. The van der Waals surface area contributed by atoms with E-state index < -0.39 is 0 Å². The molecule has 12 heavy (non-hydrogen) atoms. The third-order valence-corrected chi connectivity index (χ3v) is 1.66. The van der Waals surface area contributed by atoms with Crippen LogP contribution < -0.4 is 4.74 Å².